The molecule has 0 radical (unpaired) electrons. The van der Waals surface area contributed by atoms with Gasteiger partial charge in [0.25, 0.3) is 0 Å². The Morgan fingerprint density at radius 2 is 2.11 bits per heavy atom. The van der Waals surface area contributed by atoms with Crippen LogP contribution in [0.5, 0.6) is 0 Å². The van der Waals surface area contributed by atoms with Gasteiger partial charge in [-0.1, -0.05) is 30.3 Å². The van der Waals surface area contributed by atoms with Crippen LogP contribution in [0.25, 0.3) is 0 Å². The van der Waals surface area contributed by atoms with Gasteiger partial charge in [0.2, 0.25) is 0 Å². The van der Waals surface area contributed by atoms with Crippen molar-refractivity contribution in [1.82, 2.24) is 0 Å². The van der Waals surface area contributed by atoms with Gasteiger partial charge in [0.05, 0.1) is 24.7 Å². The number of Topliss-reactive ketones (excluding diaryl/α,β-unsaturated/α-hetero) is 1. The zero-order valence-corrected chi connectivity index (χ0v) is 10.8. The smallest absolute Gasteiger partial charge is 0.143 e. The average Bonchev–Trinajstić information content (AvgIpc) is 2.38. The summed E-state index contributed by atoms with van der Waals surface area (Å²) in [6.07, 6.45) is 1.46. The summed E-state index contributed by atoms with van der Waals surface area (Å²) in [5.74, 6) is 0.120. The van der Waals surface area contributed by atoms with E-state index in [0.717, 1.165) is 12.0 Å². The quantitative estimate of drug-likeness (QED) is 0.889. The Morgan fingerprint density at radius 1 is 1.39 bits per heavy atom. The van der Waals surface area contributed by atoms with Crippen molar-refractivity contribution < 1.29 is 14.6 Å². The van der Waals surface area contributed by atoms with Crippen molar-refractivity contribution in [3.63, 3.8) is 0 Å². The molecular weight excluding hydrogens is 228 g/mol. The SMILES string of the molecule is C[C@]1(COCc2ccccc2)C(=O)CCC[C@@H]1O. The molecule has 18 heavy (non-hydrogen) atoms. The molecule has 0 aliphatic heterocycles. The van der Waals surface area contributed by atoms with Gasteiger partial charge >= 0.3 is 0 Å². The lowest BCUT2D eigenvalue weighted by Crippen LogP contribution is -2.46. The third-order valence-electron chi connectivity index (χ3n) is 3.77. The molecule has 0 heterocycles. The molecule has 98 valence electrons. The van der Waals surface area contributed by atoms with Gasteiger partial charge in [0.15, 0.2) is 0 Å². The van der Waals surface area contributed by atoms with Crippen LogP contribution in [-0.4, -0.2) is 23.6 Å². The van der Waals surface area contributed by atoms with Gasteiger partial charge in [-0.2, -0.15) is 0 Å². The van der Waals surface area contributed by atoms with E-state index in [4.69, 9.17) is 4.74 Å². The predicted molar refractivity (Wildman–Crippen MR) is 69.1 cm³/mol. The third-order valence-corrected chi connectivity index (χ3v) is 3.77. The van der Waals surface area contributed by atoms with Crippen molar-refractivity contribution in [2.75, 3.05) is 6.61 Å². The molecule has 1 N–H and O–H groups in total. The molecule has 2 rings (SSSR count). The first-order chi connectivity index (χ1) is 8.63. The zero-order valence-electron chi connectivity index (χ0n) is 10.8. The van der Waals surface area contributed by atoms with E-state index < -0.39 is 11.5 Å². The highest BCUT2D eigenvalue weighted by molar-refractivity contribution is 5.86. The van der Waals surface area contributed by atoms with Crippen molar-refractivity contribution in [3.8, 4) is 0 Å². The van der Waals surface area contributed by atoms with Crippen LogP contribution < -0.4 is 0 Å². The maximum atomic E-state index is 11.9. The average molecular weight is 248 g/mol. The van der Waals surface area contributed by atoms with E-state index >= 15 is 0 Å². The normalized spacial score (nSPS) is 28.3. The second kappa shape index (κ2) is 5.63. The van der Waals surface area contributed by atoms with Crippen LogP contribution in [-0.2, 0) is 16.1 Å². The highest BCUT2D eigenvalue weighted by atomic mass is 16.5. The highest BCUT2D eigenvalue weighted by Gasteiger charge is 2.42. The molecule has 1 aromatic carbocycles. The third kappa shape index (κ3) is 2.79. The number of aliphatic hydroxyl groups is 1. The summed E-state index contributed by atoms with van der Waals surface area (Å²) in [5.41, 5.74) is 0.353. The van der Waals surface area contributed by atoms with Gasteiger partial charge in [-0.15, -0.1) is 0 Å². The summed E-state index contributed by atoms with van der Waals surface area (Å²) >= 11 is 0. The molecule has 3 nitrogen and oxygen atoms in total. The molecule has 0 aromatic heterocycles. The van der Waals surface area contributed by atoms with E-state index in [0.29, 0.717) is 26.1 Å². The van der Waals surface area contributed by atoms with E-state index in [1.54, 1.807) is 0 Å². The van der Waals surface area contributed by atoms with Crippen LogP contribution in [0.1, 0.15) is 31.7 Å². The monoisotopic (exact) mass is 248 g/mol. The summed E-state index contributed by atoms with van der Waals surface area (Å²) in [6.45, 7) is 2.59. The van der Waals surface area contributed by atoms with E-state index in [1.165, 1.54) is 0 Å². The maximum Gasteiger partial charge on any atom is 0.143 e. The van der Waals surface area contributed by atoms with E-state index in [9.17, 15) is 9.90 Å². The molecule has 0 unspecified atom stereocenters. The van der Waals surface area contributed by atoms with Crippen molar-refractivity contribution >= 4 is 5.78 Å². The molecule has 0 bridgehead atoms. The number of ether oxygens (including phenoxy) is 1. The predicted octanol–water partition coefficient (Wildman–Crippen LogP) is 2.32. The number of carbonyl (C=O) groups is 1. The lowest BCUT2D eigenvalue weighted by atomic mass is 9.73. The molecule has 0 amide bonds. The minimum atomic E-state index is -0.729. The lowest BCUT2D eigenvalue weighted by molar-refractivity contribution is -0.145. The second-order valence-corrected chi connectivity index (χ2v) is 5.23. The fraction of sp³-hybridized carbons (Fsp3) is 0.533. The molecule has 3 heteroatoms. The van der Waals surface area contributed by atoms with E-state index in [1.807, 2.05) is 37.3 Å². The van der Waals surface area contributed by atoms with Crippen LogP contribution in [0.3, 0.4) is 0 Å². The number of hydrogen-bond donors (Lipinski definition) is 1. The summed E-state index contributed by atoms with van der Waals surface area (Å²) in [7, 11) is 0. The first-order valence-electron chi connectivity index (χ1n) is 6.46. The van der Waals surface area contributed by atoms with E-state index in [2.05, 4.69) is 0 Å². The number of rotatable bonds is 4. The van der Waals surface area contributed by atoms with Crippen molar-refractivity contribution in [1.29, 1.82) is 0 Å². The summed E-state index contributed by atoms with van der Waals surface area (Å²) < 4.78 is 5.62. The Morgan fingerprint density at radius 3 is 2.78 bits per heavy atom. The maximum absolute atomic E-state index is 11.9. The van der Waals surface area contributed by atoms with Crippen LogP contribution >= 0.6 is 0 Å². The molecule has 1 fully saturated rings. The minimum Gasteiger partial charge on any atom is -0.392 e. The summed E-state index contributed by atoms with van der Waals surface area (Å²) in [6, 6.07) is 9.85. The first kappa shape index (κ1) is 13.2. The molecule has 1 aliphatic carbocycles. The number of benzene rings is 1. The summed E-state index contributed by atoms with van der Waals surface area (Å²) in [4.78, 5) is 11.9. The minimum absolute atomic E-state index is 0.120. The first-order valence-corrected chi connectivity index (χ1v) is 6.46. The summed E-state index contributed by atoms with van der Waals surface area (Å²) in [5, 5.41) is 9.99. The van der Waals surface area contributed by atoms with Crippen molar-refractivity contribution in [3.05, 3.63) is 35.9 Å². The largest absolute Gasteiger partial charge is 0.392 e. The molecule has 1 aromatic rings. The number of aliphatic hydroxyl groups excluding tert-OH is 1. The van der Waals surface area contributed by atoms with Crippen LogP contribution in [0.15, 0.2) is 30.3 Å². The topological polar surface area (TPSA) is 46.5 Å². The van der Waals surface area contributed by atoms with Crippen molar-refractivity contribution in [2.24, 2.45) is 5.41 Å². The van der Waals surface area contributed by atoms with Crippen LogP contribution in [0, 0.1) is 5.41 Å². The fourth-order valence-corrected chi connectivity index (χ4v) is 2.38. The van der Waals surface area contributed by atoms with Gasteiger partial charge < -0.3 is 9.84 Å². The van der Waals surface area contributed by atoms with Crippen molar-refractivity contribution in [2.45, 2.75) is 38.9 Å². The van der Waals surface area contributed by atoms with Gasteiger partial charge in [-0.3, -0.25) is 4.79 Å². The zero-order chi connectivity index (χ0) is 13.0. The Hall–Kier alpha value is -1.19. The number of hydrogen-bond acceptors (Lipinski definition) is 3. The Kier molecular flexibility index (Phi) is 4.15. The van der Waals surface area contributed by atoms with Crippen LogP contribution in [0.2, 0.25) is 0 Å². The molecular formula is C15H20O3. The second-order valence-electron chi connectivity index (χ2n) is 5.23. The highest BCUT2D eigenvalue weighted by Crippen LogP contribution is 2.33. The Bertz CT molecular complexity index is 401. The molecule has 1 aliphatic rings. The fourth-order valence-electron chi connectivity index (χ4n) is 2.38. The van der Waals surface area contributed by atoms with Gasteiger partial charge in [-0.05, 0) is 25.3 Å². The Balaban J connectivity index is 1.90. The lowest BCUT2D eigenvalue weighted by Gasteiger charge is -2.36. The number of carbonyl (C=O) groups excluding carboxylic acids is 1. The van der Waals surface area contributed by atoms with Gasteiger partial charge in [0.1, 0.15) is 5.78 Å². The molecule has 0 spiro atoms. The molecule has 1 saturated carbocycles. The van der Waals surface area contributed by atoms with Crippen LogP contribution in [0.4, 0.5) is 0 Å². The van der Waals surface area contributed by atoms with Gasteiger partial charge in [-0.25, -0.2) is 0 Å². The van der Waals surface area contributed by atoms with Gasteiger partial charge in [0, 0.05) is 6.42 Å². The van der Waals surface area contributed by atoms with E-state index in [-0.39, 0.29) is 5.78 Å². The molecule has 0 saturated heterocycles. The number of ketones is 1. The standard InChI is InChI=1S/C15H20O3/c1-15(13(16)8-5-9-14(15)17)11-18-10-12-6-3-2-4-7-12/h2-4,6-7,13,16H,5,8-11H2,1H3/t13-,15+/m0/s1. The molecule has 2 atom stereocenters. The Labute approximate surface area is 108 Å².